The lowest BCUT2D eigenvalue weighted by Gasteiger charge is -2.12. The third kappa shape index (κ3) is 2.14. The summed E-state index contributed by atoms with van der Waals surface area (Å²) in [5.74, 6) is -0.303. The molecule has 0 fully saturated rings. The van der Waals surface area contributed by atoms with Gasteiger partial charge in [0.25, 0.3) is 0 Å². The minimum Gasteiger partial charge on any atom is -0.378 e. The lowest BCUT2D eigenvalue weighted by atomic mass is 10.3. The van der Waals surface area contributed by atoms with Crippen LogP contribution in [0.25, 0.3) is 16.7 Å². The van der Waals surface area contributed by atoms with Gasteiger partial charge in [0.15, 0.2) is 0 Å². The Bertz CT molecular complexity index is 716. The number of halogens is 1. The van der Waals surface area contributed by atoms with Gasteiger partial charge >= 0.3 is 0 Å². The molecule has 96 valence electrons. The quantitative estimate of drug-likeness (QED) is 0.706. The highest BCUT2D eigenvalue weighted by Gasteiger charge is 2.05. The molecule has 0 spiro atoms. The molecule has 19 heavy (non-hydrogen) atoms. The van der Waals surface area contributed by atoms with Crippen molar-refractivity contribution in [3.8, 4) is 5.69 Å². The Morgan fingerprint density at radius 3 is 2.32 bits per heavy atom. The lowest BCUT2D eigenvalue weighted by Crippen LogP contribution is -2.08. The molecule has 3 aromatic rings. The Morgan fingerprint density at radius 1 is 0.947 bits per heavy atom. The molecule has 5 heteroatoms. The fourth-order valence-corrected chi connectivity index (χ4v) is 1.89. The van der Waals surface area contributed by atoms with Gasteiger partial charge in [-0.25, -0.2) is 4.39 Å². The normalized spacial score (nSPS) is 10.9. The van der Waals surface area contributed by atoms with E-state index in [0.29, 0.717) is 11.0 Å². The summed E-state index contributed by atoms with van der Waals surface area (Å²) in [4.78, 5) is 3.54. The van der Waals surface area contributed by atoms with E-state index in [4.69, 9.17) is 0 Å². The van der Waals surface area contributed by atoms with Crippen LogP contribution in [0, 0.1) is 5.82 Å². The summed E-state index contributed by atoms with van der Waals surface area (Å²) in [7, 11) is 3.97. The first-order chi connectivity index (χ1) is 9.13. The number of fused-ring (bicyclic) bond motifs is 1. The first kappa shape index (κ1) is 11.6. The Balaban J connectivity index is 2.03. The standard InChI is InChI=1S/C14H13FN4/c1-18(2)11-4-6-12(7-5-11)19-16-13-8-3-10(15)9-14(13)17-19/h3-9H,1-2H3/i15-1. The molecule has 1 aromatic heterocycles. The van der Waals surface area contributed by atoms with E-state index in [-0.39, 0.29) is 5.82 Å². The molecule has 0 N–H and O–H groups in total. The van der Waals surface area contributed by atoms with E-state index in [0.717, 1.165) is 11.4 Å². The molecule has 2 aromatic carbocycles. The van der Waals surface area contributed by atoms with Gasteiger partial charge in [-0.3, -0.25) is 0 Å². The van der Waals surface area contributed by atoms with Gasteiger partial charge in [-0.1, -0.05) is 0 Å². The third-order valence-electron chi connectivity index (χ3n) is 2.94. The predicted molar refractivity (Wildman–Crippen MR) is 73.2 cm³/mol. The smallest absolute Gasteiger partial charge is 0.125 e. The molecule has 0 atom stereocenters. The van der Waals surface area contributed by atoms with Gasteiger partial charge in [0, 0.05) is 25.8 Å². The van der Waals surface area contributed by atoms with Crippen molar-refractivity contribution in [2.24, 2.45) is 0 Å². The van der Waals surface area contributed by atoms with Crippen LogP contribution in [-0.2, 0) is 0 Å². The molecule has 0 saturated carbocycles. The second-order valence-corrected chi connectivity index (χ2v) is 4.53. The molecule has 3 rings (SSSR count). The van der Waals surface area contributed by atoms with Gasteiger partial charge in [0.2, 0.25) is 0 Å². The van der Waals surface area contributed by atoms with Crippen LogP contribution in [0.3, 0.4) is 0 Å². The van der Waals surface area contributed by atoms with Gasteiger partial charge in [0.1, 0.15) is 16.9 Å². The summed E-state index contributed by atoms with van der Waals surface area (Å²) < 4.78 is 13.1. The number of hydrogen-bond donors (Lipinski definition) is 0. The maximum absolute atomic E-state index is 13.1. The Labute approximate surface area is 110 Å². The predicted octanol–water partition coefficient (Wildman–Crippen LogP) is 2.63. The van der Waals surface area contributed by atoms with Crippen molar-refractivity contribution in [3.63, 3.8) is 0 Å². The van der Waals surface area contributed by atoms with E-state index in [1.807, 2.05) is 43.3 Å². The number of hydrogen-bond acceptors (Lipinski definition) is 3. The molecular weight excluding hydrogens is 242 g/mol. The van der Waals surface area contributed by atoms with E-state index in [9.17, 15) is 4.39 Å². The van der Waals surface area contributed by atoms with Crippen LogP contribution < -0.4 is 4.90 Å². The number of aromatic nitrogens is 3. The summed E-state index contributed by atoms with van der Waals surface area (Å²) in [5.41, 5.74) is 3.18. The molecule has 0 radical (unpaired) electrons. The fourth-order valence-electron chi connectivity index (χ4n) is 1.89. The summed E-state index contributed by atoms with van der Waals surface area (Å²) in [6.07, 6.45) is 0. The van der Waals surface area contributed by atoms with E-state index in [1.165, 1.54) is 16.9 Å². The van der Waals surface area contributed by atoms with Gasteiger partial charge < -0.3 is 4.90 Å². The average Bonchev–Trinajstić information content (AvgIpc) is 2.81. The van der Waals surface area contributed by atoms with Gasteiger partial charge in [-0.2, -0.15) is 4.80 Å². The summed E-state index contributed by atoms with van der Waals surface area (Å²) in [6, 6.07) is 12.2. The maximum Gasteiger partial charge on any atom is 0.125 e. The van der Waals surface area contributed by atoms with E-state index < -0.39 is 0 Å². The molecule has 0 aliphatic heterocycles. The number of rotatable bonds is 2. The molecule has 0 unspecified atom stereocenters. The van der Waals surface area contributed by atoms with Crippen LogP contribution >= 0.6 is 0 Å². The van der Waals surface area contributed by atoms with E-state index >= 15 is 0 Å². The molecule has 0 saturated heterocycles. The molecule has 0 aliphatic rings. The molecule has 0 bridgehead atoms. The van der Waals surface area contributed by atoms with Gasteiger partial charge in [-0.15, -0.1) is 10.2 Å². The molecule has 4 nitrogen and oxygen atoms in total. The highest BCUT2D eigenvalue weighted by molar-refractivity contribution is 5.73. The topological polar surface area (TPSA) is 34.0 Å². The molecule has 0 aliphatic carbocycles. The number of nitrogens with zero attached hydrogens (tertiary/aromatic N) is 4. The zero-order valence-electron chi connectivity index (χ0n) is 10.7. The van der Waals surface area contributed by atoms with E-state index in [2.05, 4.69) is 10.2 Å². The molecular formula is C14H13FN4. The van der Waals surface area contributed by atoms with Crippen LogP contribution in [0.4, 0.5) is 10.1 Å². The van der Waals surface area contributed by atoms with Crippen molar-refractivity contribution in [1.29, 1.82) is 0 Å². The summed E-state index contributed by atoms with van der Waals surface area (Å²) in [6.45, 7) is 0. The first-order valence-corrected chi connectivity index (χ1v) is 5.94. The van der Waals surface area contributed by atoms with Crippen molar-refractivity contribution in [2.75, 3.05) is 19.0 Å². The van der Waals surface area contributed by atoms with Crippen molar-refractivity contribution in [2.45, 2.75) is 0 Å². The fraction of sp³-hybridized carbons (Fsp3) is 0.143. The van der Waals surface area contributed by atoms with Gasteiger partial charge in [-0.05, 0) is 36.4 Å². The minimum atomic E-state index is -0.303. The van der Waals surface area contributed by atoms with Crippen molar-refractivity contribution in [3.05, 3.63) is 48.3 Å². The Hall–Kier alpha value is -2.43. The Kier molecular flexibility index (Phi) is 2.67. The number of anilines is 1. The van der Waals surface area contributed by atoms with Gasteiger partial charge in [0.05, 0.1) is 5.69 Å². The largest absolute Gasteiger partial charge is 0.378 e. The van der Waals surface area contributed by atoms with Crippen molar-refractivity contribution >= 4 is 16.7 Å². The summed E-state index contributed by atoms with van der Waals surface area (Å²) >= 11 is 0. The van der Waals surface area contributed by atoms with Crippen molar-refractivity contribution < 1.29 is 4.39 Å². The second kappa shape index (κ2) is 4.35. The van der Waals surface area contributed by atoms with Crippen LogP contribution in [0.2, 0.25) is 0 Å². The third-order valence-corrected chi connectivity index (χ3v) is 2.94. The SMILES string of the molecule is CN(C)c1ccc(-n2nc3ccc([18F])cc3n2)cc1. The minimum absolute atomic E-state index is 0.303. The van der Waals surface area contributed by atoms with Crippen LogP contribution in [0.15, 0.2) is 42.5 Å². The first-order valence-electron chi connectivity index (χ1n) is 5.94. The zero-order chi connectivity index (χ0) is 13.4. The van der Waals surface area contributed by atoms with E-state index in [1.54, 1.807) is 6.07 Å². The van der Waals surface area contributed by atoms with Crippen LogP contribution in [-0.4, -0.2) is 29.1 Å². The molecule has 1 heterocycles. The maximum atomic E-state index is 13.1. The lowest BCUT2D eigenvalue weighted by molar-refractivity contribution is 0.629. The average molecular weight is 255 g/mol. The monoisotopic (exact) mass is 255 g/mol. The summed E-state index contributed by atoms with van der Waals surface area (Å²) in [5, 5.41) is 8.59. The second-order valence-electron chi connectivity index (χ2n) is 4.53. The highest BCUT2D eigenvalue weighted by Crippen LogP contribution is 2.17. The molecule has 0 amide bonds. The van der Waals surface area contributed by atoms with Crippen molar-refractivity contribution in [1.82, 2.24) is 15.0 Å². The van der Waals surface area contributed by atoms with Crippen LogP contribution in [0.1, 0.15) is 0 Å². The Morgan fingerprint density at radius 2 is 1.63 bits per heavy atom. The highest BCUT2D eigenvalue weighted by atomic mass is 18.2. The zero-order valence-corrected chi connectivity index (χ0v) is 10.7. The number of benzene rings is 2. The van der Waals surface area contributed by atoms with Crippen LogP contribution in [0.5, 0.6) is 0 Å².